The highest BCUT2D eigenvalue weighted by atomic mass is 16.1. The predicted molar refractivity (Wildman–Crippen MR) is 46.4 cm³/mol. The molecule has 0 saturated carbocycles. The van der Waals surface area contributed by atoms with Gasteiger partial charge in [-0.05, 0) is 14.1 Å². The lowest BCUT2D eigenvalue weighted by Crippen LogP contribution is -2.27. The summed E-state index contributed by atoms with van der Waals surface area (Å²) < 4.78 is 0. The van der Waals surface area contributed by atoms with Crippen LogP contribution in [0.25, 0.3) is 0 Å². The molecular formula is C8H16N2O. The first-order valence-corrected chi connectivity index (χ1v) is 3.69. The second-order valence-electron chi connectivity index (χ2n) is 2.65. The zero-order chi connectivity index (χ0) is 8.69. The van der Waals surface area contributed by atoms with E-state index in [9.17, 15) is 4.79 Å². The number of hydrogen-bond acceptors (Lipinski definition) is 2. The first-order chi connectivity index (χ1) is 5.16. The fourth-order valence-electron chi connectivity index (χ4n) is 0.600. The molecule has 0 aliphatic carbocycles. The summed E-state index contributed by atoms with van der Waals surface area (Å²) in [5.74, 6) is 0.0820. The molecule has 11 heavy (non-hydrogen) atoms. The van der Waals surface area contributed by atoms with Gasteiger partial charge in [-0.15, -0.1) is 6.58 Å². The second-order valence-corrected chi connectivity index (χ2v) is 2.65. The third kappa shape index (κ3) is 7.06. The van der Waals surface area contributed by atoms with Crippen LogP contribution in [0.3, 0.4) is 0 Å². The molecule has 1 N–H and O–H groups in total. The largest absolute Gasteiger partial charge is 0.353 e. The van der Waals surface area contributed by atoms with Crippen LogP contribution in [0.1, 0.15) is 6.42 Å². The van der Waals surface area contributed by atoms with Crippen LogP contribution < -0.4 is 5.32 Å². The molecule has 3 nitrogen and oxygen atoms in total. The number of nitrogens with zero attached hydrogens (tertiary/aromatic N) is 1. The molecule has 0 aromatic carbocycles. The van der Waals surface area contributed by atoms with E-state index in [0.717, 1.165) is 6.54 Å². The SMILES string of the molecule is C=CCNC(=O)CCN(C)C. The summed E-state index contributed by atoms with van der Waals surface area (Å²) in [6.07, 6.45) is 2.23. The summed E-state index contributed by atoms with van der Waals surface area (Å²) in [4.78, 5) is 12.9. The van der Waals surface area contributed by atoms with Gasteiger partial charge in [0.2, 0.25) is 5.91 Å². The molecule has 0 saturated heterocycles. The van der Waals surface area contributed by atoms with Gasteiger partial charge in [0.15, 0.2) is 0 Å². The molecule has 3 heteroatoms. The van der Waals surface area contributed by atoms with E-state index in [2.05, 4.69) is 11.9 Å². The van der Waals surface area contributed by atoms with Crippen LogP contribution in [0, 0.1) is 0 Å². The molecule has 0 atom stereocenters. The minimum atomic E-state index is 0.0820. The fourth-order valence-corrected chi connectivity index (χ4v) is 0.600. The summed E-state index contributed by atoms with van der Waals surface area (Å²) in [6.45, 7) is 4.86. The molecule has 64 valence electrons. The molecule has 0 fully saturated rings. The van der Waals surface area contributed by atoms with Crippen molar-refractivity contribution in [3.05, 3.63) is 12.7 Å². The minimum absolute atomic E-state index is 0.0820. The number of carbonyl (C=O) groups excluding carboxylic acids is 1. The highest BCUT2D eigenvalue weighted by Crippen LogP contribution is 1.82. The molecule has 0 aromatic rings. The van der Waals surface area contributed by atoms with Crippen molar-refractivity contribution in [3.63, 3.8) is 0 Å². The van der Waals surface area contributed by atoms with Gasteiger partial charge in [-0.25, -0.2) is 0 Å². The Labute approximate surface area is 68.1 Å². The van der Waals surface area contributed by atoms with Gasteiger partial charge in [-0.1, -0.05) is 6.08 Å². The molecule has 0 aromatic heterocycles. The van der Waals surface area contributed by atoms with Crippen LogP contribution in [0.4, 0.5) is 0 Å². The average molecular weight is 156 g/mol. The minimum Gasteiger partial charge on any atom is -0.353 e. The van der Waals surface area contributed by atoms with Crippen LogP contribution in [-0.2, 0) is 4.79 Å². The van der Waals surface area contributed by atoms with E-state index in [1.165, 1.54) is 0 Å². The van der Waals surface area contributed by atoms with Crippen molar-refractivity contribution < 1.29 is 4.79 Å². The Morgan fingerprint density at radius 2 is 2.27 bits per heavy atom. The molecule has 0 radical (unpaired) electrons. The van der Waals surface area contributed by atoms with Gasteiger partial charge in [0.25, 0.3) is 0 Å². The molecule has 0 bridgehead atoms. The lowest BCUT2D eigenvalue weighted by molar-refractivity contribution is -0.121. The smallest absolute Gasteiger partial charge is 0.221 e. The molecular weight excluding hydrogens is 140 g/mol. The number of nitrogens with one attached hydrogen (secondary N) is 1. The lowest BCUT2D eigenvalue weighted by Gasteiger charge is -2.08. The quantitative estimate of drug-likeness (QED) is 0.578. The summed E-state index contributed by atoms with van der Waals surface area (Å²) in [5, 5.41) is 2.70. The number of rotatable bonds is 5. The number of carbonyl (C=O) groups is 1. The molecule has 0 aliphatic rings. The van der Waals surface area contributed by atoms with Gasteiger partial charge < -0.3 is 10.2 Å². The number of hydrogen-bond donors (Lipinski definition) is 1. The standard InChI is InChI=1S/C8H16N2O/c1-4-6-9-8(11)5-7-10(2)3/h4H,1,5-7H2,2-3H3,(H,9,11). The molecule has 0 aliphatic heterocycles. The van der Waals surface area contributed by atoms with Gasteiger partial charge >= 0.3 is 0 Å². The molecule has 1 amide bonds. The van der Waals surface area contributed by atoms with E-state index in [1.807, 2.05) is 19.0 Å². The summed E-state index contributed by atoms with van der Waals surface area (Å²) in [6, 6.07) is 0. The van der Waals surface area contributed by atoms with Crippen LogP contribution in [-0.4, -0.2) is 38.0 Å². The van der Waals surface area contributed by atoms with E-state index in [4.69, 9.17) is 0 Å². The average Bonchev–Trinajstić information content (AvgIpc) is 1.97. The van der Waals surface area contributed by atoms with E-state index in [0.29, 0.717) is 13.0 Å². The Bertz CT molecular complexity index is 132. The van der Waals surface area contributed by atoms with Gasteiger partial charge in [0.1, 0.15) is 0 Å². The highest BCUT2D eigenvalue weighted by Gasteiger charge is 1.98. The van der Waals surface area contributed by atoms with Crippen molar-refractivity contribution in [2.75, 3.05) is 27.2 Å². The van der Waals surface area contributed by atoms with E-state index in [1.54, 1.807) is 6.08 Å². The van der Waals surface area contributed by atoms with Crippen molar-refractivity contribution in [2.45, 2.75) is 6.42 Å². The monoisotopic (exact) mass is 156 g/mol. The predicted octanol–water partition coefficient (Wildman–Crippen LogP) is 0.240. The van der Waals surface area contributed by atoms with Crippen LogP contribution >= 0.6 is 0 Å². The summed E-state index contributed by atoms with van der Waals surface area (Å²) >= 11 is 0. The highest BCUT2D eigenvalue weighted by molar-refractivity contribution is 5.76. The van der Waals surface area contributed by atoms with E-state index < -0.39 is 0 Å². The summed E-state index contributed by atoms with van der Waals surface area (Å²) in [7, 11) is 3.89. The van der Waals surface area contributed by atoms with Crippen LogP contribution in [0.2, 0.25) is 0 Å². The zero-order valence-electron chi connectivity index (χ0n) is 7.26. The topological polar surface area (TPSA) is 32.3 Å². The maximum absolute atomic E-state index is 10.9. The van der Waals surface area contributed by atoms with E-state index >= 15 is 0 Å². The Balaban J connectivity index is 3.29. The maximum atomic E-state index is 10.9. The second kappa shape index (κ2) is 5.92. The third-order valence-electron chi connectivity index (χ3n) is 1.23. The fraction of sp³-hybridized carbons (Fsp3) is 0.625. The Kier molecular flexibility index (Phi) is 5.47. The van der Waals surface area contributed by atoms with Gasteiger partial charge in [0, 0.05) is 19.5 Å². The summed E-state index contributed by atoms with van der Waals surface area (Å²) in [5.41, 5.74) is 0. The molecule has 0 heterocycles. The van der Waals surface area contributed by atoms with Crippen molar-refractivity contribution in [1.29, 1.82) is 0 Å². The Morgan fingerprint density at radius 1 is 1.64 bits per heavy atom. The zero-order valence-corrected chi connectivity index (χ0v) is 7.26. The van der Waals surface area contributed by atoms with Crippen molar-refractivity contribution in [3.8, 4) is 0 Å². The van der Waals surface area contributed by atoms with Crippen LogP contribution in [0.15, 0.2) is 12.7 Å². The van der Waals surface area contributed by atoms with Gasteiger partial charge in [-0.2, -0.15) is 0 Å². The normalized spacial score (nSPS) is 9.73. The van der Waals surface area contributed by atoms with E-state index in [-0.39, 0.29) is 5.91 Å². The van der Waals surface area contributed by atoms with Crippen LogP contribution in [0.5, 0.6) is 0 Å². The van der Waals surface area contributed by atoms with Crippen molar-refractivity contribution >= 4 is 5.91 Å². The Morgan fingerprint density at radius 3 is 2.73 bits per heavy atom. The number of amides is 1. The van der Waals surface area contributed by atoms with Crippen molar-refractivity contribution in [2.24, 2.45) is 0 Å². The lowest BCUT2D eigenvalue weighted by atomic mass is 10.4. The van der Waals surface area contributed by atoms with Gasteiger partial charge in [0.05, 0.1) is 0 Å². The molecule has 0 spiro atoms. The maximum Gasteiger partial charge on any atom is 0.221 e. The first kappa shape index (κ1) is 10.2. The van der Waals surface area contributed by atoms with Gasteiger partial charge in [-0.3, -0.25) is 4.79 Å². The first-order valence-electron chi connectivity index (χ1n) is 3.69. The third-order valence-corrected chi connectivity index (χ3v) is 1.23. The Hall–Kier alpha value is -0.830. The molecule has 0 unspecified atom stereocenters. The molecule has 0 rings (SSSR count). The van der Waals surface area contributed by atoms with Crippen molar-refractivity contribution in [1.82, 2.24) is 10.2 Å².